The van der Waals surface area contributed by atoms with Crippen LogP contribution in [0.3, 0.4) is 0 Å². The van der Waals surface area contributed by atoms with Crippen molar-refractivity contribution < 1.29 is 4.79 Å². The normalized spacial score (nSPS) is 15.2. The molecule has 2 heterocycles. The Kier molecular flexibility index (Phi) is 4.16. The molecule has 29 heavy (non-hydrogen) atoms. The lowest BCUT2D eigenvalue weighted by Crippen LogP contribution is -2.16. The number of rotatable bonds is 3. The van der Waals surface area contributed by atoms with E-state index in [2.05, 4.69) is 21.2 Å². The Morgan fingerprint density at radius 3 is 2.69 bits per heavy atom. The van der Waals surface area contributed by atoms with Gasteiger partial charge in [0.05, 0.1) is 16.7 Å². The lowest BCUT2D eigenvalue weighted by Gasteiger charge is -2.18. The van der Waals surface area contributed by atoms with Crippen LogP contribution in [0.15, 0.2) is 36.4 Å². The summed E-state index contributed by atoms with van der Waals surface area (Å²) < 4.78 is 0. The minimum Gasteiger partial charge on any atom is -0.396 e. The molecule has 146 valence electrons. The van der Waals surface area contributed by atoms with Gasteiger partial charge in [-0.1, -0.05) is 43.5 Å². The maximum Gasteiger partial charge on any atom is 0.271 e. The molecule has 7 nitrogen and oxygen atoms in total. The third-order valence-electron chi connectivity index (χ3n) is 5.87. The largest absolute Gasteiger partial charge is 0.396 e. The molecule has 2 aromatic heterocycles. The minimum atomic E-state index is -0.684. The number of nitrogens with zero attached hydrogens (tertiary/aromatic N) is 3. The molecule has 1 aliphatic carbocycles. The van der Waals surface area contributed by atoms with Crippen molar-refractivity contribution in [2.45, 2.75) is 38.0 Å². The van der Waals surface area contributed by atoms with Crippen LogP contribution in [-0.4, -0.2) is 26.1 Å². The fraction of sp³-hybridized carbons (Fsp3) is 0.273. The Labute approximate surface area is 167 Å². The second kappa shape index (κ2) is 6.84. The second-order valence-corrected chi connectivity index (χ2v) is 7.72. The first-order valence-electron chi connectivity index (χ1n) is 9.96. The fourth-order valence-corrected chi connectivity index (χ4v) is 4.33. The van der Waals surface area contributed by atoms with E-state index in [4.69, 9.17) is 16.5 Å². The first-order chi connectivity index (χ1) is 14.1. The summed E-state index contributed by atoms with van der Waals surface area (Å²) in [5.41, 5.74) is 16.2. The van der Waals surface area contributed by atoms with Gasteiger partial charge in [0, 0.05) is 16.9 Å². The number of nitrogen functional groups attached to an aromatic ring is 1. The number of hydrogen-bond acceptors (Lipinski definition) is 5. The Hall–Kier alpha value is -3.48. The molecule has 1 fully saturated rings. The number of hydrogen-bond donors (Lipinski definition) is 3. The molecule has 7 heteroatoms. The van der Waals surface area contributed by atoms with Crippen LogP contribution >= 0.6 is 0 Å². The third kappa shape index (κ3) is 2.99. The summed E-state index contributed by atoms with van der Waals surface area (Å²) in [6.45, 7) is 0. The molecule has 2 aromatic carbocycles. The van der Waals surface area contributed by atoms with Crippen LogP contribution in [0.25, 0.3) is 33.1 Å². The molecule has 5 rings (SSSR count). The number of carbonyl (C=O) groups is 1. The van der Waals surface area contributed by atoms with Crippen molar-refractivity contribution in [1.29, 1.82) is 0 Å². The van der Waals surface area contributed by atoms with Gasteiger partial charge < -0.3 is 16.5 Å². The summed E-state index contributed by atoms with van der Waals surface area (Å²) in [5, 5.41) is 8.86. The number of primary amides is 1. The summed E-state index contributed by atoms with van der Waals surface area (Å²) in [5.74, 6) is 0.927. The predicted octanol–water partition coefficient (Wildman–Crippen LogP) is 3.90. The van der Waals surface area contributed by atoms with Gasteiger partial charge in [0.15, 0.2) is 5.69 Å². The summed E-state index contributed by atoms with van der Waals surface area (Å²) in [6, 6.07) is 11.8. The van der Waals surface area contributed by atoms with E-state index in [1.165, 1.54) is 32.1 Å². The zero-order valence-electron chi connectivity index (χ0n) is 16.0. The van der Waals surface area contributed by atoms with Crippen molar-refractivity contribution in [3.63, 3.8) is 0 Å². The molecular formula is C22H22N6O. The van der Waals surface area contributed by atoms with Crippen molar-refractivity contribution in [3.05, 3.63) is 47.9 Å². The number of carbonyl (C=O) groups excluding carboxylic acids is 1. The lowest BCUT2D eigenvalue weighted by molar-refractivity contribution is 0.0996. The molecule has 0 radical (unpaired) electrons. The van der Waals surface area contributed by atoms with E-state index in [-0.39, 0.29) is 11.4 Å². The molecule has 1 saturated carbocycles. The first kappa shape index (κ1) is 17.6. The fourth-order valence-electron chi connectivity index (χ4n) is 4.33. The number of imidazole rings is 1. The summed E-state index contributed by atoms with van der Waals surface area (Å²) in [6.07, 6.45) is 6.27. The Morgan fingerprint density at radius 2 is 1.90 bits per heavy atom. The highest BCUT2D eigenvalue weighted by Gasteiger charge is 2.19. The Balaban J connectivity index is 1.60. The number of amides is 1. The number of nitrogens with two attached hydrogens (primary N) is 2. The highest BCUT2D eigenvalue weighted by molar-refractivity contribution is 6.07. The second-order valence-electron chi connectivity index (χ2n) is 7.72. The number of benzene rings is 2. The minimum absolute atomic E-state index is 0.00389. The first-order valence-corrected chi connectivity index (χ1v) is 9.96. The number of nitrogens with one attached hydrogen (secondary N) is 1. The zero-order chi connectivity index (χ0) is 20.0. The number of H-pyrrole nitrogens is 1. The molecular weight excluding hydrogens is 364 g/mol. The average Bonchev–Trinajstić information content (AvgIpc) is 3.17. The molecule has 1 aliphatic rings. The average molecular weight is 386 g/mol. The van der Waals surface area contributed by atoms with Crippen molar-refractivity contribution in [1.82, 2.24) is 20.2 Å². The SMILES string of the molecule is NC(=O)c1nnc2c(-c3ccc4nc(C5CCCCC5)[nH]c4c3)cccc2c1N. The van der Waals surface area contributed by atoms with Crippen LogP contribution in [0.5, 0.6) is 0 Å². The molecule has 0 unspecified atom stereocenters. The van der Waals surface area contributed by atoms with Gasteiger partial charge in [-0.2, -0.15) is 0 Å². The monoisotopic (exact) mass is 386 g/mol. The smallest absolute Gasteiger partial charge is 0.271 e. The zero-order valence-corrected chi connectivity index (χ0v) is 16.0. The van der Waals surface area contributed by atoms with Crippen LogP contribution in [0.4, 0.5) is 5.69 Å². The number of fused-ring (bicyclic) bond motifs is 2. The number of aromatic amines is 1. The standard InChI is InChI=1S/C22H22N6O/c23-18-15-8-4-7-14(19(15)27-28-20(18)21(24)29)13-9-10-16-17(11-13)26-22(25-16)12-5-2-1-3-6-12/h4,7-12H,1-3,5-6H2,(H2,23,27)(H2,24,29)(H,25,26). The lowest BCUT2D eigenvalue weighted by atomic mass is 9.89. The Morgan fingerprint density at radius 1 is 1.07 bits per heavy atom. The topological polar surface area (TPSA) is 124 Å². The molecule has 0 spiro atoms. The molecule has 1 amide bonds. The van der Waals surface area contributed by atoms with Gasteiger partial charge in [-0.25, -0.2) is 4.98 Å². The quantitative estimate of drug-likeness (QED) is 0.492. The van der Waals surface area contributed by atoms with E-state index in [9.17, 15) is 4.79 Å². The van der Waals surface area contributed by atoms with Gasteiger partial charge in [-0.3, -0.25) is 4.79 Å². The molecule has 0 atom stereocenters. The van der Waals surface area contributed by atoms with E-state index < -0.39 is 5.91 Å². The number of anilines is 1. The molecule has 0 aliphatic heterocycles. The summed E-state index contributed by atoms with van der Waals surface area (Å²) in [4.78, 5) is 19.9. The third-order valence-corrected chi connectivity index (χ3v) is 5.87. The highest BCUT2D eigenvalue weighted by Crippen LogP contribution is 2.34. The van der Waals surface area contributed by atoms with Crippen molar-refractivity contribution in [3.8, 4) is 11.1 Å². The van der Waals surface area contributed by atoms with Crippen molar-refractivity contribution in [2.75, 3.05) is 5.73 Å². The summed E-state index contributed by atoms with van der Waals surface area (Å²) in [7, 11) is 0. The van der Waals surface area contributed by atoms with E-state index >= 15 is 0 Å². The highest BCUT2D eigenvalue weighted by atomic mass is 16.1. The van der Waals surface area contributed by atoms with Crippen LogP contribution < -0.4 is 11.5 Å². The molecule has 4 aromatic rings. The van der Waals surface area contributed by atoms with Crippen LogP contribution in [0.2, 0.25) is 0 Å². The van der Waals surface area contributed by atoms with Crippen molar-refractivity contribution >= 4 is 33.5 Å². The number of aromatic nitrogens is 4. The van der Waals surface area contributed by atoms with E-state index in [0.29, 0.717) is 16.8 Å². The molecule has 5 N–H and O–H groups in total. The molecule has 0 saturated heterocycles. The maximum atomic E-state index is 11.5. The van der Waals surface area contributed by atoms with Crippen LogP contribution in [0.1, 0.15) is 54.3 Å². The van der Waals surface area contributed by atoms with E-state index in [1.807, 2.05) is 30.3 Å². The maximum absolute atomic E-state index is 11.5. The summed E-state index contributed by atoms with van der Waals surface area (Å²) >= 11 is 0. The van der Waals surface area contributed by atoms with Crippen LogP contribution in [-0.2, 0) is 0 Å². The Bertz CT molecular complexity index is 1240. The van der Waals surface area contributed by atoms with Gasteiger partial charge in [0.1, 0.15) is 11.3 Å². The van der Waals surface area contributed by atoms with Gasteiger partial charge >= 0.3 is 0 Å². The van der Waals surface area contributed by atoms with Gasteiger partial charge in [0.2, 0.25) is 0 Å². The van der Waals surface area contributed by atoms with Crippen LogP contribution in [0, 0.1) is 0 Å². The molecule has 0 bridgehead atoms. The van der Waals surface area contributed by atoms with E-state index in [0.717, 1.165) is 28.0 Å². The van der Waals surface area contributed by atoms with E-state index in [1.54, 1.807) is 0 Å². The van der Waals surface area contributed by atoms with Gasteiger partial charge in [-0.05, 0) is 30.5 Å². The van der Waals surface area contributed by atoms with Gasteiger partial charge in [-0.15, -0.1) is 10.2 Å². The van der Waals surface area contributed by atoms with Gasteiger partial charge in [0.25, 0.3) is 5.91 Å². The predicted molar refractivity (Wildman–Crippen MR) is 113 cm³/mol. The van der Waals surface area contributed by atoms with Crippen molar-refractivity contribution in [2.24, 2.45) is 5.73 Å².